The van der Waals surface area contributed by atoms with Gasteiger partial charge in [0.25, 0.3) is 0 Å². The minimum absolute atomic E-state index is 1.03. The highest BCUT2D eigenvalue weighted by Crippen LogP contribution is 2.33. The third-order valence-electron chi connectivity index (χ3n) is 3.89. The molecule has 1 aliphatic rings. The molecule has 3 aromatic rings. The van der Waals surface area contributed by atoms with Crippen LogP contribution >= 0.6 is 11.3 Å². The lowest BCUT2D eigenvalue weighted by Crippen LogP contribution is -2.27. The van der Waals surface area contributed by atoms with Gasteiger partial charge in [-0.05, 0) is 34.8 Å². The van der Waals surface area contributed by atoms with Crippen LogP contribution in [0.3, 0.4) is 0 Å². The monoisotopic (exact) mass is 306 g/mol. The number of rotatable bonds is 1. The van der Waals surface area contributed by atoms with Crippen molar-refractivity contribution >= 4 is 39.0 Å². The molecule has 1 aliphatic heterocycles. The van der Waals surface area contributed by atoms with Crippen molar-refractivity contribution in [1.29, 1.82) is 0 Å². The Morgan fingerprint density at radius 1 is 1.18 bits per heavy atom. The lowest BCUT2D eigenvalue weighted by atomic mass is 10.0. The van der Waals surface area contributed by atoms with Gasteiger partial charge >= 0.3 is 5.65 Å². The van der Waals surface area contributed by atoms with Crippen LogP contribution in [-0.2, 0) is 7.05 Å². The van der Waals surface area contributed by atoms with Crippen LogP contribution in [0.5, 0.6) is 0 Å². The van der Waals surface area contributed by atoms with E-state index >= 15 is 0 Å². The standard InChI is InChI=1S/C18H16N3S/c1-20-11-9-13(14-6-3-4-7-15(14)20)12-17-19-18-16(22-17)8-5-10-21(18)2/h3-12H,1-2H3/q+1. The Balaban J connectivity index is 1.85. The van der Waals surface area contributed by atoms with Gasteiger partial charge in [-0.15, -0.1) is 0 Å². The summed E-state index contributed by atoms with van der Waals surface area (Å²) in [5, 5.41) is 1.04. The first-order valence-corrected chi connectivity index (χ1v) is 8.01. The van der Waals surface area contributed by atoms with E-state index < -0.39 is 0 Å². The van der Waals surface area contributed by atoms with Gasteiger partial charge in [0.1, 0.15) is 4.70 Å². The van der Waals surface area contributed by atoms with E-state index in [1.54, 1.807) is 11.3 Å². The SMILES string of the molecule is CN1C=C/C(=C\c2nc3c(ccc[n+]3C)s2)c2ccccc21. The molecule has 0 bridgehead atoms. The van der Waals surface area contributed by atoms with Gasteiger partial charge in [0.15, 0.2) is 0 Å². The summed E-state index contributed by atoms with van der Waals surface area (Å²) in [5.74, 6) is 0. The van der Waals surface area contributed by atoms with E-state index in [2.05, 4.69) is 71.3 Å². The lowest BCUT2D eigenvalue weighted by molar-refractivity contribution is -0.646. The smallest absolute Gasteiger partial charge is 0.341 e. The van der Waals surface area contributed by atoms with Crippen molar-refractivity contribution in [2.45, 2.75) is 0 Å². The summed E-state index contributed by atoms with van der Waals surface area (Å²) in [7, 11) is 4.10. The Labute approximate surface area is 133 Å². The summed E-state index contributed by atoms with van der Waals surface area (Å²) in [6.07, 6.45) is 8.45. The number of nitrogens with zero attached hydrogens (tertiary/aromatic N) is 3. The normalized spacial score (nSPS) is 15.5. The summed E-state index contributed by atoms with van der Waals surface area (Å²) in [6, 6.07) is 12.6. The third kappa shape index (κ3) is 2.12. The maximum absolute atomic E-state index is 4.76. The van der Waals surface area contributed by atoms with Crippen LogP contribution in [0.1, 0.15) is 10.6 Å². The number of anilines is 1. The average Bonchev–Trinajstić information content (AvgIpc) is 2.95. The molecule has 0 fully saturated rings. The second kappa shape index (κ2) is 5.07. The molecular formula is C18H16N3S+. The van der Waals surface area contributed by atoms with Gasteiger partial charge in [-0.2, -0.15) is 0 Å². The van der Waals surface area contributed by atoms with Crippen molar-refractivity contribution in [3.8, 4) is 0 Å². The number of hydrogen-bond donors (Lipinski definition) is 0. The van der Waals surface area contributed by atoms with Crippen LogP contribution in [0, 0.1) is 0 Å². The molecule has 0 spiro atoms. The summed E-state index contributed by atoms with van der Waals surface area (Å²) in [5.41, 5.74) is 4.71. The van der Waals surface area contributed by atoms with Crippen LogP contribution in [-0.4, -0.2) is 12.0 Å². The van der Waals surface area contributed by atoms with Crippen molar-refractivity contribution in [3.63, 3.8) is 0 Å². The summed E-state index contributed by atoms with van der Waals surface area (Å²) in [6.45, 7) is 0. The van der Waals surface area contributed by atoms with Crippen LogP contribution in [0.4, 0.5) is 5.69 Å². The topological polar surface area (TPSA) is 20.0 Å². The lowest BCUT2D eigenvalue weighted by Gasteiger charge is -2.23. The first kappa shape index (κ1) is 13.2. The fraction of sp³-hybridized carbons (Fsp3) is 0.111. The molecule has 1 aromatic carbocycles. The molecule has 0 atom stereocenters. The van der Waals surface area contributed by atoms with Crippen molar-refractivity contribution in [2.24, 2.45) is 7.05 Å². The molecule has 3 nitrogen and oxygen atoms in total. The van der Waals surface area contributed by atoms with Gasteiger partial charge in [0, 0.05) is 30.6 Å². The number of aryl methyl sites for hydroxylation is 1. The van der Waals surface area contributed by atoms with E-state index in [1.807, 2.05) is 13.2 Å². The van der Waals surface area contributed by atoms with Crippen molar-refractivity contribution in [1.82, 2.24) is 4.98 Å². The van der Waals surface area contributed by atoms with Gasteiger partial charge in [0.2, 0.25) is 5.01 Å². The summed E-state index contributed by atoms with van der Waals surface area (Å²) < 4.78 is 3.27. The molecule has 3 heterocycles. The Morgan fingerprint density at radius 2 is 2.05 bits per heavy atom. The predicted molar refractivity (Wildman–Crippen MR) is 92.7 cm³/mol. The molecular weight excluding hydrogens is 290 g/mol. The zero-order valence-corrected chi connectivity index (χ0v) is 13.3. The second-order valence-corrected chi connectivity index (χ2v) is 6.46. The van der Waals surface area contributed by atoms with Gasteiger partial charge in [-0.25, -0.2) is 4.57 Å². The number of allylic oxidation sites excluding steroid dienone is 2. The second-order valence-electron chi connectivity index (χ2n) is 5.40. The largest absolute Gasteiger partial charge is 0.351 e. The van der Waals surface area contributed by atoms with Gasteiger partial charge in [0.05, 0.1) is 13.2 Å². The molecule has 2 aromatic heterocycles. The zero-order valence-electron chi connectivity index (χ0n) is 12.5. The van der Waals surface area contributed by atoms with E-state index in [-0.39, 0.29) is 0 Å². The van der Waals surface area contributed by atoms with E-state index in [9.17, 15) is 0 Å². The highest BCUT2D eigenvalue weighted by Gasteiger charge is 2.17. The molecule has 0 radical (unpaired) electrons. The average molecular weight is 306 g/mol. The molecule has 108 valence electrons. The number of fused-ring (bicyclic) bond motifs is 2. The first-order chi connectivity index (χ1) is 10.7. The molecule has 0 N–H and O–H groups in total. The number of thiazole rings is 1. The maximum Gasteiger partial charge on any atom is 0.341 e. The van der Waals surface area contributed by atoms with Gasteiger partial charge < -0.3 is 4.90 Å². The molecule has 0 saturated heterocycles. The molecule has 0 unspecified atom stereocenters. The molecule has 22 heavy (non-hydrogen) atoms. The van der Waals surface area contributed by atoms with Crippen molar-refractivity contribution < 1.29 is 4.57 Å². The minimum atomic E-state index is 1.03. The van der Waals surface area contributed by atoms with E-state index in [0.717, 1.165) is 10.7 Å². The Bertz CT molecular complexity index is 921. The quantitative estimate of drug-likeness (QED) is 0.640. The fourth-order valence-corrected chi connectivity index (χ4v) is 3.71. The third-order valence-corrected chi connectivity index (χ3v) is 4.85. The highest BCUT2D eigenvalue weighted by molar-refractivity contribution is 7.19. The van der Waals surface area contributed by atoms with E-state index in [4.69, 9.17) is 4.98 Å². The minimum Gasteiger partial charge on any atom is -0.351 e. The van der Waals surface area contributed by atoms with E-state index in [1.165, 1.54) is 21.5 Å². The first-order valence-electron chi connectivity index (χ1n) is 7.20. The Kier molecular flexibility index (Phi) is 3.05. The molecule has 0 saturated carbocycles. The van der Waals surface area contributed by atoms with Gasteiger partial charge in [-0.1, -0.05) is 29.5 Å². The van der Waals surface area contributed by atoms with Crippen LogP contribution < -0.4 is 9.47 Å². The molecule has 0 aliphatic carbocycles. The molecule has 4 heteroatoms. The molecule has 4 rings (SSSR count). The highest BCUT2D eigenvalue weighted by atomic mass is 32.1. The Morgan fingerprint density at radius 3 is 2.91 bits per heavy atom. The number of para-hydroxylation sites is 1. The number of aromatic nitrogens is 2. The Hall–Kier alpha value is -2.46. The van der Waals surface area contributed by atoms with Crippen LogP contribution in [0.2, 0.25) is 0 Å². The predicted octanol–water partition coefficient (Wildman–Crippen LogP) is 3.62. The van der Waals surface area contributed by atoms with Crippen molar-refractivity contribution in [3.05, 3.63) is 65.4 Å². The summed E-state index contributed by atoms with van der Waals surface area (Å²) >= 11 is 1.72. The van der Waals surface area contributed by atoms with Crippen LogP contribution in [0.25, 0.3) is 22.0 Å². The van der Waals surface area contributed by atoms with Gasteiger partial charge in [-0.3, -0.25) is 0 Å². The zero-order chi connectivity index (χ0) is 15.1. The summed E-state index contributed by atoms with van der Waals surface area (Å²) in [4.78, 5) is 6.90. The number of benzene rings is 1. The van der Waals surface area contributed by atoms with E-state index in [0.29, 0.717) is 0 Å². The maximum atomic E-state index is 4.76. The number of pyridine rings is 1. The van der Waals surface area contributed by atoms with Crippen LogP contribution in [0.15, 0.2) is 54.9 Å². The number of hydrogen-bond acceptors (Lipinski definition) is 3. The fourth-order valence-electron chi connectivity index (χ4n) is 2.74. The molecule has 0 amide bonds. The van der Waals surface area contributed by atoms with Crippen molar-refractivity contribution in [2.75, 3.05) is 11.9 Å².